The lowest BCUT2D eigenvalue weighted by Gasteiger charge is -1.88. The molecule has 2 aromatic rings. The van der Waals surface area contributed by atoms with E-state index in [0.717, 1.165) is 0 Å². The Bertz CT molecular complexity index is 475. The summed E-state index contributed by atoms with van der Waals surface area (Å²) in [7, 11) is 0. The van der Waals surface area contributed by atoms with E-state index in [1.807, 2.05) is 0 Å². The third-order valence-electron chi connectivity index (χ3n) is 1.73. The third kappa shape index (κ3) is 1.01. The molecule has 5 heteroatoms. The van der Waals surface area contributed by atoms with Crippen LogP contribution in [0.3, 0.4) is 0 Å². The molecule has 0 aliphatic heterocycles. The Hall–Kier alpha value is -2.04. The summed E-state index contributed by atoms with van der Waals surface area (Å²) < 4.78 is 5.05. The maximum atomic E-state index is 10.8. The fourth-order valence-corrected chi connectivity index (χ4v) is 1.13. The fourth-order valence-electron chi connectivity index (χ4n) is 1.13. The van der Waals surface area contributed by atoms with E-state index in [0.29, 0.717) is 11.1 Å². The number of primary amides is 1. The molecule has 1 amide bonds. The number of fused-ring (bicyclic) bond motifs is 1. The highest BCUT2D eigenvalue weighted by Crippen LogP contribution is 2.25. The summed E-state index contributed by atoms with van der Waals surface area (Å²) in [6.07, 6.45) is 1.55. The number of pyridine rings is 1. The monoisotopic (exact) mass is 177 g/mol. The second-order valence-corrected chi connectivity index (χ2v) is 2.57. The molecular weight excluding hydrogens is 170 g/mol. The van der Waals surface area contributed by atoms with Gasteiger partial charge in [0, 0.05) is 6.20 Å². The summed E-state index contributed by atoms with van der Waals surface area (Å²) in [6, 6.07) is 3.42. The van der Waals surface area contributed by atoms with Crippen molar-refractivity contribution in [3.05, 3.63) is 24.1 Å². The molecule has 4 N–H and O–H groups in total. The van der Waals surface area contributed by atoms with Crippen molar-refractivity contribution in [3.63, 3.8) is 0 Å². The van der Waals surface area contributed by atoms with Crippen LogP contribution in [0.2, 0.25) is 0 Å². The zero-order valence-electron chi connectivity index (χ0n) is 6.65. The average molecular weight is 177 g/mol. The molecule has 0 saturated carbocycles. The molecule has 13 heavy (non-hydrogen) atoms. The first-order chi connectivity index (χ1) is 6.20. The Balaban J connectivity index is 2.81. The zero-order chi connectivity index (χ0) is 9.42. The largest absolute Gasteiger partial charge is 0.430 e. The Morgan fingerprint density at radius 1 is 1.54 bits per heavy atom. The molecule has 0 atom stereocenters. The number of aromatic nitrogens is 1. The van der Waals surface area contributed by atoms with E-state index in [2.05, 4.69) is 4.98 Å². The molecule has 0 aliphatic carbocycles. The lowest BCUT2D eigenvalue weighted by molar-refractivity contribution is 0.0977. The van der Waals surface area contributed by atoms with Gasteiger partial charge in [0.15, 0.2) is 0 Å². The highest BCUT2D eigenvalue weighted by atomic mass is 16.4. The molecular formula is C8H7N3O2. The van der Waals surface area contributed by atoms with E-state index in [1.54, 1.807) is 18.3 Å². The van der Waals surface area contributed by atoms with Crippen molar-refractivity contribution in [2.45, 2.75) is 0 Å². The lowest BCUT2D eigenvalue weighted by Crippen LogP contribution is -2.11. The maximum absolute atomic E-state index is 10.8. The molecule has 0 aliphatic rings. The maximum Gasteiger partial charge on any atom is 0.286 e. The van der Waals surface area contributed by atoms with Crippen molar-refractivity contribution < 1.29 is 9.21 Å². The van der Waals surface area contributed by atoms with Crippen molar-refractivity contribution in [1.82, 2.24) is 4.98 Å². The van der Waals surface area contributed by atoms with Gasteiger partial charge in [-0.1, -0.05) is 0 Å². The van der Waals surface area contributed by atoms with Crippen molar-refractivity contribution >= 4 is 22.7 Å². The molecule has 5 nitrogen and oxygen atoms in total. The minimum absolute atomic E-state index is 0.0336. The summed E-state index contributed by atoms with van der Waals surface area (Å²) in [5.74, 6) is -0.718. The molecule has 66 valence electrons. The first-order valence-electron chi connectivity index (χ1n) is 3.63. The molecule has 0 fully saturated rings. The average Bonchev–Trinajstić information content (AvgIpc) is 2.45. The predicted molar refractivity (Wildman–Crippen MR) is 46.9 cm³/mol. The second-order valence-electron chi connectivity index (χ2n) is 2.57. The number of carbonyl (C=O) groups is 1. The minimum Gasteiger partial charge on any atom is -0.430 e. The summed E-state index contributed by atoms with van der Waals surface area (Å²) >= 11 is 0. The summed E-state index contributed by atoms with van der Waals surface area (Å²) in [5.41, 5.74) is 11.2. The predicted octanol–water partition coefficient (Wildman–Crippen LogP) is 0.509. The second kappa shape index (κ2) is 2.48. The smallest absolute Gasteiger partial charge is 0.286 e. The summed E-state index contributed by atoms with van der Waals surface area (Å²) in [4.78, 5) is 14.7. The number of hydrogen-bond donors (Lipinski definition) is 2. The minimum atomic E-state index is -0.685. The highest BCUT2D eigenvalue weighted by molar-refractivity contribution is 6.03. The Morgan fingerprint density at radius 2 is 2.31 bits per heavy atom. The number of carbonyl (C=O) groups excluding carboxylic acids is 1. The molecule has 0 saturated heterocycles. The van der Waals surface area contributed by atoms with Crippen LogP contribution in [0.5, 0.6) is 0 Å². The molecule has 2 aromatic heterocycles. The number of nitrogens with two attached hydrogens (primary N) is 2. The number of nitrogens with zero attached hydrogens (tertiary/aromatic N) is 1. The van der Waals surface area contributed by atoms with E-state index in [-0.39, 0.29) is 11.4 Å². The molecule has 0 radical (unpaired) electrons. The molecule has 2 rings (SSSR count). The van der Waals surface area contributed by atoms with E-state index in [9.17, 15) is 4.79 Å². The SMILES string of the molecule is NC(=O)c1oc2ncccc2c1N. The van der Waals surface area contributed by atoms with Gasteiger partial charge in [-0.3, -0.25) is 4.79 Å². The van der Waals surface area contributed by atoms with E-state index < -0.39 is 5.91 Å². The Kier molecular flexibility index (Phi) is 1.45. The highest BCUT2D eigenvalue weighted by Gasteiger charge is 2.15. The van der Waals surface area contributed by atoms with E-state index in [1.165, 1.54) is 0 Å². The van der Waals surface area contributed by atoms with Crippen LogP contribution < -0.4 is 11.5 Å². The van der Waals surface area contributed by atoms with Gasteiger partial charge in [-0.05, 0) is 12.1 Å². The molecule has 0 spiro atoms. The number of hydrogen-bond acceptors (Lipinski definition) is 4. The molecule has 0 bridgehead atoms. The lowest BCUT2D eigenvalue weighted by atomic mass is 10.2. The van der Waals surface area contributed by atoms with Crippen LogP contribution >= 0.6 is 0 Å². The van der Waals surface area contributed by atoms with Crippen LogP contribution in [0, 0.1) is 0 Å². The zero-order valence-corrected chi connectivity index (χ0v) is 6.65. The van der Waals surface area contributed by atoms with Crippen LogP contribution in [-0.4, -0.2) is 10.9 Å². The number of anilines is 1. The van der Waals surface area contributed by atoms with Gasteiger partial charge in [-0.25, -0.2) is 4.98 Å². The van der Waals surface area contributed by atoms with Crippen LogP contribution in [0.25, 0.3) is 11.1 Å². The van der Waals surface area contributed by atoms with Crippen LogP contribution in [0.15, 0.2) is 22.7 Å². The van der Waals surface area contributed by atoms with Gasteiger partial charge < -0.3 is 15.9 Å². The van der Waals surface area contributed by atoms with Crippen LogP contribution in [-0.2, 0) is 0 Å². The number of furan rings is 1. The Morgan fingerprint density at radius 3 is 2.92 bits per heavy atom. The van der Waals surface area contributed by atoms with Crippen molar-refractivity contribution in [1.29, 1.82) is 0 Å². The molecule has 0 aromatic carbocycles. The topological polar surface area (TPSA) is 95.1 Å². The third-order valence-corrected chi connectivity index (χ3v) is 1.73. The van der Waals surface area contributed by atoms with E-state index in [4.69, 9.17) is 15.9 Å². The number of rotatable bonds is 1. The summed E-state index contributed by atoms with van der Waals surface area (Å²) in [5, 5.41) is 0.608. The van der Waals surface area contributed by atoms with Gasteiger partial charge in [-0.15, -0.1) is 0 Å². The Labute approximate surface area is 73.3 Å². The standard InChI is InChI=1S/C8H7N3O2/c9-5-4-2-1-3-11-8(4)13-6(5)7(10)12/h1-3H,9H2,(H2,10,12). The van der Waals surface area contributed by atoms with Crippen LogP contribution in [0.4, 0.5) is 5.69 Å². The van der Waals surface area contributed by atoms with Crippen molar-refractivity contribution in [2.75, 3.05) is 5.73 Å². The van der Waals surface area contributed by atoms with Gasteiger partial charge in [0.1, 0.15) is 0 Å². The van der Waals surface area contributed by atoms with Crippen LogP contribution in [0.1, 0.15) is 10.6 Å². The van der Waals surface area contributed by atoms with Gasteiger partial charge in [-0.2, -0.15) is 0 Å². The van der Waals surface area contributed by atoms with Gasteiger partial charge in [0.2, 0.25) is 11.5 Å². The van der Waals surface area contributed by atoms with Gasteiger partial charge in [0.25, 0.3) is 5.91 Å². The molecule has 2 heterocycles. The quantitative estimate of drug-likeness (QED) is 0.663. The first kappa shape index (κ1) is 7.60. The normalized spacial score (nSPS) is 10.5. The first-order valence-corrected chi connectivity index (χ1v) is 3.63. The van der Waals surface area contributed by atoms with Gasteiger partial charge in [0.05, 0.1) is 11.1 Å². The van der Waals surface area contributed by atoms with Crippen molar-refractivity contribution in [3.8, 4) is 0 Å². The van der Waals surface area contributed by atoms with E-state index >= 15 is 0 Å². The number of amides is 1. The van der Waals surface area contributed by atoms with Gasteiger partial charge >= 0.3 is 0 Å². The molecule has 0 unspecified atom stereocenters. The fraction of sp³-hybridized carbons (Fsp3) is 0. The number of nitrogen functional groups attached to an aromatic ring is 1. The van der Waals surface area contributed by atoms with Crippen molar-refractivity contribution in [2.24, 2.45) is 5.73 Å². The summed E-state index contributed by atoms with van der Waals surface area (Å²) in [6.45, 7) is 0.